The molecule has 1 unspecified atom stereocenters. The fourth-order valence-corrected chi connectivity index (χ4v) is 2.30. The maximum Gasteiger partial charge on any atom is 0.151 e. The molecule has 0 N–H and O–H groups in total. The van der Waals surface area contributed by atoms with E-state index in [-0.39, 0.29) is 5.38 Å². The van der Waals surface area contributed by atoms with Gasteiger partial charge in [0, 0.05) is 24.7 Å². The van der Waals surface area contributed by atoms with Crippen LogP contribution in [-0.2, 0) is 0 Å². The topological polar surface area (TPSA) is 29.0 Å². The van der Waals surface area contributed by atoms with E-state index in [9.17, 15) is 0 Å². The molecule has 2 heterocycles. The number of halogens is 1. The van der Waals surface area contributed by atoms with Gasteiger partial charge in [0.15, 0.2) is 5.82 Å². The van der Waals surface area contributed by atoms with Crippen LogP contribution in [0, 0.1) is 5.92 Å². The summed E-state index contributed by atoms with van der Waals surface area (Å²) in [6.45, 7) is 4.17. The van der Waals surface area contributed by atoms with Crippen LogP contribution >= 0.6 is 11.6 Å². The quantitative estimate of drug-likeness (QED) is 0.724. The van der Waals surface area contributed by atoms with Crippen molar-refractivity contribution < 1.29 is 0 Å². The summed E-state index contributed by atoms with van der Waals surface area (Å²) in [5.74, 6) is 1.64. The Hall–Kier alpha value is -0.830. The molecule has 1 aliphatic rings. The lowest BCUT2D eigenvalue weighted by molar-refractivity contribution is 0.398. The van der Waals surface area contributed by atoms with Gasteiger partial charge in [0.05, 0.1) is 0 Å². The lowest BCUT2D eigenvalue weighted by Gasteiger charge is -2.33. The summed E-state index contributed by atoms with van der Waals surface area (Å²) in [4.78, 5) is 2.28. The van der Waals surface area contributed by atoms with E-state index in [2.05, 4.69) is 22.0 Å². The molecule has 0 bridgehead atoms. The molecular formula is C11H16ClN3. The number of nitrogens with zero attached hydrogens (tertiary/aromatic N) is 3. The van der Waals surface area contributed by atoms with E-state index >= 15 is 0 Å². The first-order valence-corrected chi connectivity index (χ1v) is 5.88. The van der Waals surface area contributed by atoms with E-state index in [1.807, 2.05) is 12.1 Å². The molecule has 4 heteroatoms. The van der Waals surface area contributed by atoms with Crippen molar-refractivity contribution in [3.63, 3.8) is 0 Å². The van der Waals surface area contributed by atoms with Gasteiger partial charge in [0.25, 0.3) is 0 Å². The Labute approximate surface area is 95.5 Å². The van der Waals surface area contributed by atoms with Gasteiger partial charge in [-0.05, 0) is 37.8 Å². The van der Waals surface area contributed by atoms with E-state index in [4.69, 9.17) is 11.6 Å². The summed E-state index contributed by atoms with van der Waals surface area (Å²) < 4.78 is 0. The van der Waals surface area contributed by atoms with Crippen LogP contribution in [0.1, 0.15) is 19.8 Å². The molecule has 0 amide bonds. The third-order valence-electron chi connectivity index (χ3n) is 3.07. The lowest BCUT2D eigenvalue weighted by Crippen LogP contribution is -2.36. The Bertz CT molecular complexity index is 294. The second-order valence-electron chi connectivity index (χ2n) is 4.08. The van der Waals surface area contributed by atoms with Gasteiger partial charge in [-0.2, -0.15) is 5.10 Å². The van der Waals surface area contributed by atoms with Gasteiger partial charge >= 0.3 is 0 Å². The second-order valence-corrected chi connectivity index (χ2v) is 4.77. The molecule has 15 heavy (non-hydrogen) atoms. The summed E-state index contributed by atoms with van der Waals surface area (Å²) >= 11 is 6.10. The minimum Gasteiger partial charge on any atom is -0.355 e. The van der Waals surface area contributed by atoms with Crippen LogP contribution in [0.4, 0.5) is 5.82 Å². The van der Waals surface area contributed by atoms with E-state index in [0.29, 0.717) is 5.92 Å². The number of rotatable bonds is 2. The molecule has 1 aromatic rings. The average Bonchev–Trinajstić information content (AvgIpc) is 2.30. The van der Waals surface area contributed by atoms with Crippen molar-refractivity contribution in [3.8, 4) is 0 Å². The molecule has 3 nitrogen and oxygen atoms in total. The van der Waals surface area contributed by atoms with Crippen molar-refractivity contribution in [3.05, 3.63) is 18.3 Å². The number of piperidine rings is 1. The van der Waals surface area contributed by atoms with Crippen molar-refractivity contribution in [1.82, 2.24) is 10.2 Å². The minimum absolute atomic E-state index is 0.286. The van der Waals surface area contributed by atoms with Crippen LogP contribution in [0.2, 0.25) is 0 Å². The summed E-state index contributed by atoms with van der Waals surface area (Å²) in [6.07, 6.45) is 4.01. The SMILES string of the molecule is CC(Cl)C1CCN(c2cccnn2)CC1. The van der Waals surface area contributed by atoms with Crippen LogP contribution in [0.3, 0.4) is 0 Å². The molecule has 2 rings (SSSR count). The highest BCUT2D eigenvalue weighted by Crippen LogP contribution is 2.25. The molecule has 0 spiro atoms. The molecular weight excluding hydrogens is 210 g/mol. The maximum atomic E-state index is 6.10. The van der Waals surface area contributed by atoms with E-state index in [1.54, 1.807) is 6.20 Å². The smallest absolute Gasteiger partial charge is 0.151 e. The average molecular weight is 226 g/mol. The van der Waals surface area contributed by atoms with Crippen LogP contribution in [-0.4, -0.2) is 28.7 Å². The fraction of sp³-hybridized carbons (Fsp3) is 0.636. The van der Waals surface area contributed by atoms with Crippen LogP contribution < -0.4 is 4.90 Å². The van der Waals surface area contributed by atoms with Crippen molar-refractivity contribution in [1.29, 1.82) is 0 Å². The van der Waals surface area contributed by atoms with Crippen LogP contribution in [0.25, 0.3) is 0 Å². The zero-order valence-electron chi connectivity index (χ0n) is 8.93. The first kappa shape index (κ1) is 10.7. The molecule has 0 aliphatic carbocycles. The molecule has 1 aromatic heterocycles. The highest BCUT2D eigenvalue weighted by Gasteiger charge is 2.23. The van der Waals surface area contributed by atoms with Gasteiger partial charge in [0.2, 0.25) is 0 Å². The normalized spacial score (nSPS) is 20.3. The largest absolute Gasteiger partial charge is 0.355 e. The van der Waals surface area contributed by atoms with Gasteiger partial charge in [0.1, 0.15) is 0 Å². The van der Waals surface area contributed by atoms with Gasteiger partial charge in [-0.3, -0.25) is 0 Å². The molecule has 1 fully saturated rings. The number of hydrogen-bond donors (Lipinski definition) is 0. The molecule has 0 aromatic carbocycles. The minimum atomic E-state index is 0.286. The van der Waals surface area contributed by atoms with Gasteiger partial charge in [-0.1, -0.05) is 0 Å². The summed E-state index contributed by atoms with van der Waals surface area (Å²) in [6, 6.07) is 3.94. The standard InChI is InChI=1S/C11H16ClN3/c1-9(12)10-4-7-15(8-5-10)11-3-2-6-13-14-11/h2-3,6,9-10H,4-5,7-8H2,1H3. The Kier molecular flexibility index (Phi) is 3.41. The van der Waals surface area contributed by atoms with E-state index in [1.165, 1.54) is 0 Å². The van der Waals surface area contributed by atoms with E-state index < -0.39 is 0 Å². The Morgan fingerprint density at radius 2 is 2.20 bits per heavy atom. The van der Waals surface area contributed by atoms with Gasteiger partial charge < -0.3 is 4.90 Å². The summed E-state index contributed by atoms with van der Waals surface area (Å²) in [5.41, 5.74) is 0. The number of anilines is 1. The van der Waals surface area contributed by atoms with Crippen molar-refractivity contribution in [2.75, 3.05) is 18.0 Å². The van der Waals surface area contributed by atoms with Gasteiger partial charge in [-0.25, -0.2) is 0 Å². The molecule has 0 radical (unpaired) electrons. The van der Waals surface area contributed by atoms with Crippen molar-refractivity contribution in [2.24, 2.45) is 5.92 Å². The maximum absolute atomic E-state index is 6.10. The number of aromatic nitrogens is 2. The third-order valence-corrected chi connectivity index (χ3v) is 3.43. The Morgan fingerprint density at radius 1 is 1.47 bits per heavy atom. The predicted molar refractivity (Wildman–Crippen MR) is 62.3 cm³/mol. The zero-order valence-corrected chi connectivity index (χ0v) is 9.69. The molecule has 82 valence electrons. The predicted octanol–water partition coefficient (Wildman–Crippen LogP) is 2.32. The highest BCUT2D eigenvalue weighted by atomic mass is 35.5. The monoisotopic (exact) mass is 225 g/mol. The van der Waals surface area contributed by atoms with Crippen LogP contribution in [0.5, 0.6) is 0 Å². The van der Waals surface area contributed by atoms with Crippen LogP contribution in [0.15, 0.2) is 18.3 Å². The van der Waals surface area contributed by atoms with Gasteiger partial charge in [-0.15, -0.1) is 16.7 Å². The molecule has 1 saturated heterocycles. The van der Waals surface area contributed by atoms with Crippen molar-refractivity contribution in [2.45, 2.75) is 25.1 Å². The molecule has 1 aliphatic heterocycles. The summed E-state index contributed by atoms with van der Waals surface area (Å²) in [7, 11) is 0. The molecule has 1 atom stereocenters. The number of alkyl halides is 1. The fourth-order valence-electron chi connectivity index (χ4n) is 2.05. The summed E-state index contributed by atoms with van der Waals surface area (Å²) in [5, 5.41) is 8.30. The Morgan fingerprint density at radius 3 is 2.73 bits per heavy atom. The Balaban J connectivity index is 1.94. The highest BCUT2D eigenvalue weighted by molar-refractivity contribution is 6.20. The first-order chi connectivity index (χ1) is 7.27. The number of hydrogen-bond acceptors (Lipinski definition) is 3. The second kappa shape index (κ2) is 4.79. The first-order valence-electron chi connectivity index (χ1n) is 5.44. The third kappa shape index (κ3) is 2.59. The molecule has 0 saturated carbocycles. The zero-order chi connectivity index (χ0) is 10.7. The van der Waals surface area contributed by atoms with E-state index in [0.717, 1.165) is 31.7 Å². The lowest BCUT2D eigenvalue weighted by atomic mass is 9.94. The van der Waals surface area contributed by atoms with Crippen molar-refractivity contribution >= 4 is 17.4 Å².